The van der Waals surface area contributed by atoms with Gasteiger partial charge in [0.05, 0.1) is 12.5 Å². The topological polar surface area (TPSA) is 220 Å². The van der Waals surface area contributed by atoms with Gasteiger partial charge >= 0.3 is 5.97 Å². The summed E-state index contributed by atoms with van der Waals surface area (Å²) in [6.45, 7) is 1.76. The Balaban J connectivity index is 4.78. The molecule has 0 aliphatic heterocycles. The fraction of sp³-hybridized carbons (Fsp3) is 0.688. The lowest BCUT2D eigenvalue weighted by molar-refractivity contribution is -0.142. The number of nitrogens with one attached hydrogen (secondary N) is 3. The van der Waals surface area contributed by atoms with Crippen LogP contribution in [-0.4, -0.2) is 71.2 Å². The van der Waals surface area contributed by atoms with Crippen molar-refractivity contribution in [3.05, 3.63) is 0 Å². The third-order valence-electron chi connectivity index (χ3n) is 3.89. The molecule has 0 heterocycles. The van der Waals surface area contributed by atoms with E-state index in [1.807, 2.05) is 0 Å². The number of hydrogen-bond donors (Lipinski definition) is 8. The zero-order chi connectivity index (χ0) is 22.6. The first-order valence-electron chi connectivity index (χ1n) is 9.02. The molecule has 0 aromatic rings. The van der Waals surface area contributed by atoms with Crippen LogP contribution in [0.2, 0.25) is 0 Å². The van der Waals surface area contributed by atoms with Crippen molar-refractivity contribution in [3.63, 3.8) is 0 Å². The van der Waals surface area contributed by atoms with Crippen LogP contribution >= 0.6 is 12.6 Å². The number of carboxylic acids is 1. The van der Waals surface area contributed by atoms with Crippen LogP contribution in [0.15, 0.2) is 0 Å². The molecule has 4 atom stereocenters. The molecule has 29 heavy (non-hydrogen) atoms. The molecule has 0 aromatic heterocycles. The van der Waals surface area contributed by atoms with Crippen LogP contribution in [-0.2, 0) is 24.0 Å². The second kappa shape index (κ2) is 13.7. The van der Waals surface area contributed by atoms with Crippen molar-refractivity contribution in [3.8, 4) is 0 Å². The molecular weight excluding hydrogens is 404 g/mol. The van der Waals surface area contributed by atoms with Gasteiger partial charge in [-0.2, -0.15) is 12.6 Å². The quantitative estimate of drug-likeness (QED) is 0.102. The average molecular weight is 435 g/mol. The SMILES string of the molecule is CC(NC(=O)C(N)CC(N)=O)C(=O)NC(CS)C(=O)NC(CCCCN)C(=O)O. The predicted octanol–water partition coefficient (Wildman–Crippen LogP) is -3.19. The molecule has 0 saturated carbocycles. The third-order valence-corrected chi connectivity index (χ3v) is 4.25. The highest BCUT2D eigenvalue weighted by atomic mass is 32.1. The maximum absolute atomic E-state index is 12.3. The zero-order valence-electron chi connectivity index (χ0n) is 16.2. The van der Waals surface area contributed by atoms with E-state index in [1.54, 1.807) is 0 Å². The van der Waals surface area contributed by atoms with Crippen LogP contribution in [0.25, 0.3) is 0 Å². The second-order valence-corrected chi connectivity index (χ2v) is 6.80. The van der Waals surface area contributed by atoms with E-state index in [2.05, 4.69) is 28.6 Å². The molecule has 0 rings (SSSR count). The first kappa shape index (κ1) is 26.6. The minimum atomic E-state index is -1.21. The summed E-state index contributed by atoms with van der Waals surface area (Å²) >= 11 is 4.00. The smallest absolute Gasteiger partial charge is 0.326 e. The summed E-state index contributed by atoms with van der Waals surface area (Å²) < 4.78 is 0. The van der Waals surface area contributed by atoms with Crippen LogP contribution in [0.4, 0.5) is 0 Å². The Morgan fingerprint density at radius 1 is 0.966 bits per heavy atom. The van der Waals surface area contributed by atoms with Gasteiger partial charge in [0.15, 0.2) is 0 Å². The van der Waals surface area contributed by atoms with Crippen molar-refractivity contribution in [2.45, 2.75) is 56.8 Å². The third kappa shape index (κ3) is 10.7. The lowest BCUT2D eigenvalue weighted by atomic mass is 10.1. The van der Waals surface area contributed by atoms with Crippen LogP contribution in [0.1, 0.15) is 32.6 Å². The molecule has 0 saturated heterocycles. The van der Waals surface area contributed by atoms with E-state index < -0.39 is 53.8 Å². The lowest BCUT2D eigenvalue weighted by Gasteiger charge is -2.22. The molecule has 0 fully saturated rings. The normalized spacial score (nSPS) is 14.8. The monoisotopic (exact) mass is 434 g/mol. The second-order valence-electron chi connectivity index (χ2n) is 6.43. The molecular formula is C16H30N6O6S. The Morgan fingerprint density at radius 3 is 2.03 bits per heavy atom. The summed E-state index contributed by atoms with van der Waals surface area (Å²) in [7, 11) is 0. The molecule has 13 heteroatoms. The first-order chi connectivity index (χ1) is 13.5. The molecule has 0 aromatic carbocycles. The number of unbranched alkanes of at least 4 members (excludes halogenated alkanes) is 1. The average Bonchev–Trinajstić information content (AvgIpc) is 2.63. The Labute approximate surface area is 174 Å². The van der Waals surface area contributed by atoms with Gasteiger partial charge < -0.3 is 38.3 Å². The summed E-state index contributed by atoms with van der Waals surface area (Å²) in [5.74, 6) is -4.27. The molecule has 0 aliphatic rings. The molecule has 4 amide bonds. The van der Waals surface area contributed by atoms with Gasteiger partial charge in [-0.1, -0.05) is 0 Å². The molecule has 0 radical (unpaired) electrons. The van der Waals surface area contributed by atoms with Crippen molar-refractivity contribution in [2.24, 2.45) is 17.2 Å². The van der Waals surface area contributed by atoms with Crippen molar-refractivity contribution in [2.75, 3.05) is 12.3 Å². The van der Waals surface area contributed by atoms with Crippen molar-refractivity contribution in [1.29, 1.82) is 0 Å². The van der Waals surface area contributed by atoms with Gasteiger partial charge in [-0.15, -0.1) is 0 Å². The molecule has 12 nitrogen and oxygen atoms in total. The standard InChI is InChI=1S/C16H30N6O6S/c1-8(20-14(25)9(18)6-12(19)23)13(24)22-11(7-29)15(26)21-10(16(27)28)4-2-3-5-17/h8-11,29H,2-7,17-18H2,1H3,(H2,19,23)(H,20,25)(H,21,26)(H,22,24)(H,27,28). The summed E-state index contributed by atoms with van der Waals surface area (Å²) in [5, 5.41) is 16.2. The van der Waals surface area contributed by atoms with Gasteiger partial charge in [-0.3, -0.25) is 19.2 Å². The highest BCUT2D eigenvalue weighted by Gasteiger charge is 2.28. The highest BCUT2D eigenvalue weighted by Crippen LogP contribution is 2.02. The number of hydrogen-bond acceptors (Lipinski definition) is 8. The van der Waals surface area contributed by atoms with E-state index in [-0.39, 0.29) is 18.6 Å². The van der Waals surface area contributed by atoms with Crippen LogP contribution < -0.4 is 33.2 Å². The Kier molecular flexibility index (Phi) is 12.6. The van der Waals surface area contributed by atoms with Gasteiger partial charge in [-0.25, -0.2) is 4.79 Å². The molecule has 166 valence electrons. The predicted molar refractivity (Wildman–Crippen MR) is 108 cm³/mol. The number of nitrogens with two attached hydrogens (primary N) is 3. The lowest BCUT2D eigenvalue weighted by Crippen LogP contribution is -2.57. The van der Waals surface area contributed by atoms with E-state index in [0.717, 1.165) is 0 Å². The number of primary amides is 1. The van der Waals surface area contributed by atoms with Crippen LogP contribution in [0, 0.1) is 0 Å². The molecule has 0 aliphatic carbocycles. The summed E-state index contributed by atoms with van der Waals surface area (Å²) in [5.41, 5.74) is 15.8. The van der Waals surface area contributed by atoms with E-state index >= 15 is 0 Å². The largest absolute Gasteiger partial charge is 0.480 e. The molecule has 4 unspecified atom stereocenters. The van der Waals surface area contributed by atoms with E-state index in [9.17, 15) is 29.1 Å². The summed E-state index contributed by atoms with van der Waals surface area (Å²) in [6.07, 6.45) is 0.931. The number of carbonyl (C=O) groups excluding carboxylic acids is 4. The van der Waals surface area contributed by atoms with E-state index in [0.29, 0.717) is 19.4 Å². The molecule has 0 spiro atoms. The number of amides is 4. The van der Waals surface area contributed by atoms with Gasteiger partial charge in [-0.05, 0) is 32.7 Å². The summed E-state index contributed by atoms with van der Waals surface area (Å²) in [6, 6.07) is -4.54. The van der Waals surface area contributed by atoms with Crippen LogP contribution in [0.3, 0.4) is 0 Å². The van der Waals surface area contributed by atoms with E-state index in [1.165, 1.54) is 6.92 Å². The van der Waals surface area contributed by atoms with Crippen molar-refractivity contribution in [1.82, 2.24) is 16.0 Å². The van der Waals surface area contributed by atoms with Gasteiger partial charge in [0.25, 0.3) is 0 Å². The fourth-order valence-electron chi connectivity index (χ4n) is 2.21. The Bertz CT molecular complexity index is 604. The van der Waals surface area contributed by atoms with Crippen molar-refractivity contribution >= 4 is 42.2 Å². The minimum Gasteiger partial charge on any atom is -0.480 e. The summed E-state index contributed by atoms with van der Waals surface area (Å²) in [4.78, 5) is 58.5. The van der Waals surface area contributed by atoms with Crippen molar-refractivity contribution < 1.29 is 29.1 Å². The maximum atomic E-state index is 12.3. The molecule has 10 N–H and O–H groups in total. The van der Waals surface area contributed by atoms with Crippen LogP contribution in [0.5, 0.6) is 0 Å². The van der Waals surface area contributed by atoms with Gasteiger partial charge in [0, 0.05) is 5.75 Å². The number of carbonyl (C=O) groups is 5. The number of thiol groups is 1. The zero-order valence-corrected chi connectivity index (χ0v) is 17.1. The highest BCUT2D eigenvalue weighted by molar-refractivity contribution is 7.80. The number of carboxylic acid groups (broad SMARTS) is 1. The molecule has 0 bridgehead atoms. The maximum Gasteiger partial charge on any atom is 0.326 e. The Hall–Kier alpha value is -2.38. The fourth-order valence-corrected chi connectivity index (χ4v) is 2.47. The number of aliphatic carboxylic acids is 1. The number of rotatable bonds is 14. The Morgan fingerprint density at radius 2 is 1.55 bits per heavy atom. The van der Waals surface area contributed by atoms with Gasteiger partial charge in [0.2, 0.25) is 23.6 Å². The first-order valence-corrected chi connectivity index (χ1v) is 9.65. The van der Waals surface area contributed by atoms with E-state index in [4.69, 9.17) is 17.2 Å². The minimum absolute atomic E-state index is 0.103. The van der Waals surface area contributed by atoms with Gasteiger partial charge in [0.1, 0.15) is 18.1 Å².